The Kier molecular flexibility index (Phi) is 5.76. The molecule has 12 heteroatoms. The molecule has 2 aromatic carbocycles. The van der Waals surface area contributed by atoms with Gasteiger partial charge in [0.15, 0.2) is 0 Å². The van der Waals surface area contributed by atoms with Gasteiger partial charge in [-0.05, 0) is 53.2 Å². The van der Waals surface area contributed by atoms with Crippen LogP contribution in [0.25, 0.3) is 5.69 Å². The van der Waals surface area contributed by atoms with Gasteiger partial charge in [-0.25, -0.2) is 17.5 Å². The van der Waals surface area contributed by atoms with Crippen LogP contribution in [0.4, 0.5) is 10.1 Å². The zero-order chi connectivity index (χ0) is 22.0. The summed E-state index contributed by atoms with van der Waals surface area (Å²) in [5, 5.41) is 13.3. The van der Waals surface area contributed by atoms with Gasteiger partial charge in [-0.3, -0.25) is 4.79 Å². The average Bonchev–Trinajstić information content (AvgIpc) is 3.31. The smallest absolute Gasteiger partial charge is 0.256 e. The standard InChI is InChI=1S/C19H19FN6O4S/c1-13-2-4-15(31(28,29)25-6-8-30-9-7-25)11-16(13)19(27)22-18-10-14(3-5-17(18)20)26-12-21-23-24-26/h2-5,10-12H,6-9H2,1H3,(H,22,27). The van der Waals surface area contributed by atoms with Crippen LogP contribution in [0.3, 0.4) is 0 Å². The third-order valence-corrected chi connectivity index (χ3v) is 6.77. The van der Waals surface area contributed by atoms with Crippen LogP contribution in [0.15, 0.2) is 47.6 Å². The van der Waals surface area contributed by atoms with Gasteiger partial charge in [0.05, 0.1) is 29.5 Å². The predicted molar refractivity (Wildman–Crippen MR) is 108 cm³/mol. The molecule has 1 aromatic heterocycles. The van der Waals surface area contributed by atoms with Crippen LogP contribution >= 0.6 is 0 Å². The van der Waals surface area contributed by atoms with Gasteiger partial charge in [0, 0.05) is 18.7 Å². The van der Waals surface area contributed by atoms with Crippen LogP contribution in [-0.4, -0.2) is 65.1 Å². The zero-order valence-corrected chi connectivity index (χ0v) is 17.3. The Morgan fingerprint density at radius 2 is 1.94 bits per heavy atom. The highest BCUT2D eigenvalue weighted by atomic mass is 32.2. The molecule has 2 heterocycles. The lowest BCUT2D eigenvalue weighted by Gasteiger charge is -2.26. The second-order valence-corrected chi connectivity index (χ2v) is 8.80. The number of hydrogen-bond donors (Lipinski definition) is 1. The summed E-state index contributed by atoms with van der Waals surface area (Å²) in [6, 6.07) is 8.33. The highest BCUT2D eigenvalue weighted by Gasteiger charge is 2.27. The number of aromatic nitrogens is 4. The number of amides is 1. The molecule has 0 aliphatic carbocycles. The second-order valence-electron chi connectivity index (χ2n) is 6.87. The third kappa shape index (κ3) is 4.31. The molecule has 0 radical (unpaired) electrons. The van der Waals surface area contributed by atoms with Crippen molar-refractivity contribution in [2.45, 2.75) is 11.8 Å². The summed E-state index contributed by atoms with van der Waals surface area (Å²) >= 11 is 0. The lowest BCUT2D eigenvalue weighted by molar-refractivity contribution is 0.0730. The lowest BCUT2D eigenvalue weighted by atomic mass is 10.1. The van der Waals surface area contributed by atoms with E-state index in [1.54, 1.807) is 13.0 Å². The second kappa shape index (κ2) is 8.49. The van der Waals surface area contributed by atoms with Gasteiger partial charge < -0.3 is 10.1 Å². The number of hydrogen-bond acceptors (Lipinski definition) is 7. The minimum absolute atomic E-state index is 0.00642. The number of rotatable bonds is 5. The van der Waals surface area contributed by atoms with Gasteiger partial charge in [-0.15, -0.1) is 5.10 Å². The van der Waals surface area contributed by atoms with Gasteiger partial charge in [0.25, 0.3) is 5.91 Å². The average molecular weight is 446 g/mol. The first-order valence-corrected chi connectivity index (χ1v) is 10.8. The number of halogens is 1. The number of aryl methyl sites for hydroxylation is 1. The Labute approximate surface area is 177 Å². The number of sulfonamides is 1. The molecule has 3 aromatic rings. The topological polar surface area (TPSA) is 119 Å². The number of tetrazole rings is 1. The van der Waals surface area contributed by atoms with Gasteiger partial charge >= 0.3 is 0 Å². The summed E-state index contributed by atoms with van der Waals surface area (Å²) < 4.78 is 48.0. The number of ether oxygens (including phenoxy) is 1. The Morgan fingerprint density at radius 1 is 1.16 bits per heavy atom. The highest BCUT2D eigenvalue weighted by Crippen LogP contribution is 2.23. The monoisotopic (exact) mass is 446 g/mol. The molecule has 1 saturated heterocycles. The Balaban J connectivity index is 1.62. The number of benzene rings is 2. The number of nitrogens with zero attached hydrogens (tertiary/aromatic N) is 5. The maximum Gasteiger partial charge on any atom is 0.256 e. The van der Waals surface area contributed by atoms with Crippen LogP contribution in [0.1, 0.15) is 15.9 Å². The number of anilines is 1. The van der Waals surface area contributed by atoms with E-state index in [4.69, 9.17) is 4.74 Å². The van der Waals surface area contributed by atoms with Crippen molar-refractivity contribution in [3.8, 4) is 5.69 Å². The number of carbonyl (C=O) groups is 1. The normalized spacial score (nSPS) is 15.0. The molecule has 10 nitrogen and oxygen atoms in total. The maximum absolute atomic E-state index is 14.3. The molecule has 0 saturated carbocycles. The van der Waals surface area contributed by atoms with Gasteiger partial charge in [0.2, 0.25) is 10.0 Å². The molecule has 0 atom stereocenters. The van der Waals surface area contributed by atoms with E-state index in [1.807, 2.05) is 0 Å². The molecule has 1 aliphatic rings. The van der Waals surface area contributed by atoms with E-state index in [0.717, 1.165) is 0 Å². The zero-order valence-electron chi connectivity index (χ0n) is 16.5. The van der Waals surface area contributed by atoms with Crippen LogP contribution in [0.2, 0.25) is 0 Å². The molecular formula is C19H19FN6O4S. The Morgan fingerprint density at radius 3 is 2.65 bits per heavy atom. The number of morpholine rings is 1. The number of carbonyl (C=O) groups excluding carboxylic acids is 1. The van der Waals surface area contributed by atoms with Crippen molar-refractivity contribution in [1.82, 2.24) is 24.5 Å². The summed E-state index contributed by atoms with van der Waals surface area (Å²) in [6.07, 6.45) is 1.34. The van der Waals surface area contributed by atoms with Gasteiger partial charge in [0.1, 0.15) is 12.1 Å². The highest BCUT2D eigenvalue weighted by molar-refractivity contribution is 7.89. The molecule has 1 aliphatic heterocycles. The van der Waals surface area contributed by atoms with Crippen LogP contribution in [-0.2, 0) is 14.8 Å². The summed E-state index contributed by atoms with van der Waals surface area (Å²) in [7, 11) is -3.78. The predicted octanol–water partition coefficient (Wildman–Crippen LogP) is 1.38. The molecule has 0 unspecified atom stereocenters. The van der Waals surface area contributed by atoms with Crippen LogP contribution in [0.5, 0.6) is 0 Å². The third-order valence-electron chi connectivity index (χ3n) is 4.87. The van der Waals surface area contributed by atoms with Crippen molar-refractivity contribution in [2.24, 2.45) is 0 Å². The maximum atomic E-state index is 14.3. The first-order chi connectivity index (χ1) is 14.9. The van der Waals surface area contributed by atoms with E-state index in [2.05, 4.69) is 20.8 Å². The minimum Gasteiger partial charge on any atom is -0.379 e. The first kappa shape index (κ1) is 21.0. The van der Waals surface area contributed by atoms with Crippen LogP contribution < -0.4 is 5.32 Å². The van der Waals surface area contributed by atoms with E-state index >= 15 is 0 Å². The van der Waals surface area contributed by atoms with Crippen molar-refractivity contribution in [3.63, 3.8) is 0 Å². The van der Waals surface area contributed by atoms with Gasteiger partial charge in [-0.1, -0.05) is 6.07 Å². The van der Waals surface area contributed by atoms with E-state index in [0.29, 0.717) is 24.5 Å². The number of nitrogens with one attached hydrogen (secondary N) is 1. The molecular weight excluding hydrogens is 427 g/mol. The molecule has 31 heavy (non-hydrogen) atoms. The summed E-state index contributed by atoms with van der Waals surface area (Å²) in [5.74, 6) is -1.29. The lowest BCUT2D eigenvalue weighted by Crippen LogP contribution is -2.40. The van der Waals surface area contributed by atoms with Crippen molar-refractivity contribution in [1.29, 1.82) is 0 Å². The summed E-state index contributed by atoms with van der Waals surface area (Å²) in [6.45, 7) is 2.79. The van der Waals surface area contributed by atoms with E-state index in [1.165, 1.54) is 45.6 Å². The first-order valence-electron chi connectivity index (χ1n) is 9.39. The van der Waals surface area contributed by atoms with Crippen molar-refractivity contribution in [2.75, 3.05) is 31.6 Å². The van der Waals surface area contributed by atoms with E-state index in [-0.39, 0.29) is 29.2 Å². The Bertz CT molecular complexity index is 1210. The molecule has 1 fully saturated rings. The molecule has 1 N–H and O–H groups in total. The van der Waals surface area contributed by atoms with Crippen molar-refractivity contribution < 1.29 is 22.3 Å². The minimum atomic E-state index is -3.78. The molecule has 162 valence electrons. The quantitative estimate of drug-likeness (QED) is 0.629. The van der Waals surface area contributed by atoms with Gasteiger partial charge in [-0.2, -0.15) is 4.31 Å². The van der Waals surface area contributed by atoms with Crippen molar-refractivity contribution >= 4 is 21.6 Å². The molecule has 0 spiro atoms. The van der Waals surface area contributed by atoms with Crippen molar-refractivity contribution in [3.05, 3.63) is 59.7 Å². The summed E-state index contributed by atoms with van der Waals surface area (Å²) in [5.41, 5.74) is 1.04. The largest absolute Gasteiger partial charge is 0.379 e. The fourth-order valence-corrected chi connectivity index (χ4v) is 4.60. The van der Waals surface area contributed by atoms with E-state index in [9.17, 15) is 17.6 Å². The SMILES string of the molecule is Cc1ccc(S(=O)(=O)N2CCOCC2)cc1C(=O)Nc1cc(-n2cnnn2)ccc1F. The molecule has 4 rings (SSSR count). The Hall–Kier alpha value is -3.22. The van der Waals surface area contributed by atoms with E-state index < -0.39 is 21.7 Å². The fourth-order valence-electron chi connectivity index (χ4n) is 3.16. The van der Waals surface area contributed by atoms with Crippen LogP contribution in [0, 0.1) is 12.7 Å². The fraction of sp³-hybridized carbons (Fsp3) is 0.263. The molecule has 1 amide bonds. The molecule has 0 bridgehead atoms. The summed E-state index contributed by atoms with van der Waals surface area (Å²) in [4.78, 5) is 12.9.